The first-order valence-electron chi connectivity index (χ1n) is 14.9. The molecule has 0 bridgehead atoms. The highest BCUT2D eigenvalue weighted by molar-refractivity contribution is 7.89. The van der Waals surface area contributed by atoms with Crippen LogP contribution in [0.25, 0.3) is 5.65 Å². The second-order valence-electron chi connectivity index (χ2n) is 12.1. The van der Waals surface area contributed by atoms with Gasteiger partial charge in [0.05, 0.1) is 12.1 Å². The molecule has 4 aromatic rings. The molecule has 2 aromatic carbocycles. The van der Waals surface area contributed by atoms with Crippen molar-refractivity contribution in [2.45, 2.75) is 76.0 Å². The van der Waals surface area contributed by atoms with Gasteiger partial charge >= 0.3 is 12.1 Å². The third-order valence-corrected chi connectivity index (χ3v) is 10.9. The quantitative estimate of drug-likeness (QED) is 0.282. The number of nitrogens with zero attached hydrogens (tertiary/aromatic N) is 5. The molecule has 1 saturated heterocycles. The molecular weight excluding hydrogens is 607 g/mol. The molecule has 2 aromatic heterocycles. The summed E-state index contributed by atoms with van der Waals surface area (Å²) in [6.45, 7) is 6.56. The smallest absolute Gasteiger partial charge is 0.452 e. The van der Waals surface area contributed by atoms with E-state index in [1.54, 1.807) is 19.1 Å². The summed E-state index contributed by atoms with van der Waals surface area (Å²) >= 11 is 0. The van der Waals surface area contributed by atoms with E-state index in [0.717, 1.165) is 52.6 Å². The minimum absolute atomic E-state index is 0.01000. The van der Waals surface area contributed by atoms with Gasteiger partial charge in [0, 0.05) is 37.8 Å². The highest BCUT2D eigenvalue weighted by atomic mass is 32.2. The molecule has 0 aliphatic carbocycles. The Morgan fingerprint density at radius 1 is 1.07 bits per heavy atom. The largest absolute Gasteiger partial charge is 0.481 e. The molecule has 0 radical (unpaired) electrons. The standard InChI is InChI=1S/C32H34F3N5O4S/c1-19-7-10-27-28(14-19)45(43,44)38(18-24-6-4-5-12-39(24)27)17-23-15-22(9-8-20(23)2)26(16-29(41)42)25-11-13-40-30(21(25)3)36-37-31(40)32(33,34)35/h7-11,13-15,24,26H,4-6,12,16-18H2,1-3H3,(H,41,42)/t24-,26+/m1/s1. The topological polar surface area (TPSA) is 108 Å². The first-order chi connectivity index (χ1) is 21.3. The number of pyridine rings is 1. The van der Waals surface area contributed by atoms with Gasteiger partial charge < -0.3 is 10.0 Å². The fraction of sp³-hybridized carbons (Fsp3) is 0.406. The van der Waals surface area contributed by atoms with Crippen LogP contribution in [0.4, 0.5) is 18.9 Å². The lowest BCUT2D eigenvalue weighted by atomic mass is 9.85. The Labute approximate surface area is 259 Å². The Bertz CT molecular complexity index is 1910. The minimum atomic E-state index is -4.71. The monoisotopic (exact) mass is 641 g/mol. The van der Waals surface area contributed by atoms with Crippen LogP contribution in [0.15, 0.2) is 53.6 Å². The van der Waals surface area contributed by atoms with Crippen LogP contribution in [0, 0.1) is 20.8 Å². The van der Waals surface area contributed by atoms with Gasteiger partial charge in [-0.1, -0.05) is 24.3 Å². The summed E-state index contributed by atoms with van der Waals surface area (Å²) in [5, 5.41) is 16.9. The van der Waals surface area contributed by atoms with E-state index >= 15 is 0 Å². The van der Waals surface area contributed by atoms with Gasteiger partial charge in [0.15, 0.2) is 5.65 Å². The first-order valence-corrected chi connectivity index (χ1v) is 16.3. The highest BCUT2D eigenvalue weighted by Gasteiger charge is 2.39. The van der Waals surface area contributed by atoms with Crippen molar-refractivity contribution in [1.82, 2.24) is 18.9 Å². The molecule has 0 unspecified atom stereocenters. The number of carboxylic acids is 1. The molecule has 6 rings (SSSR count). The number of benzene rings is 2. The van der Waals surface area contributed by atoms with Crippen LogP contribution in [0.3, 0.4) is 0 Å². The average molecular weight is 642 g/mol. The summed E-state index contributed by atoms with van der Waals surface area (Å²) in [5.74, 6) is -2.97. The Hall–Kier alpha value is -3.97. The number of halogens is 3. The number of carboxylic acid groups (broad SMARTS) is 1. The van der Waals surface area contributed by atoms with Gasteiger partial charge in [-0.05, 0) is 91.6 Å². The molecule has 238 valence electrons. The van der Waals surface area contributed by atoms with Crippen molar-refractivity contribution >= 4 is 27.3 Å². The van der Waals surface area contributed by atoms with Crippen molar-refractivity contribution in [2.75, 3.05) is 18.0 Å². The van der Waals surface area contributed by atoms with Crippen LogP contribution in [0.1, 0.15) is 70.8 Å². The zero-order valence-electron chi connectivity index (χ0n) is 25.2. The Morgan fingerprint density at radius 3 is 2.58 bits per heavy atom. The molecule has 2 atom stereocenters. The van der Waals surface area contributed by atoms with Gasteiger partial charge in [0.2, 0.25) is 15.8 Å². The summed E-state index contributed by atoms with van der Waals surface area (Å²) in [4.78, 5) is 14.6. The molecule has 9 nitrogen and oxygen atoms in total. The van der Waals surface area contributed by atoms with Gasteiger partial charge in [0.1, 0.15) is 4.90 Å². The van der Waals surface area contributed by atoms with E-state index in [-0.39, 0.29) is 24.7 Å². The molecule has 2 aliphatic rings. The predicted octanol–water partition coefficient (Wildman–Crippen LogP) is 5.84. The maximum atomic E-state index is 14.2. The molecule has 1 fully saturated rings. The van der Waals surface area contributed by atoms with Crippen LogP contribution in [0.5, 0.6) is 0 Å². The number of hydrogen-bond donors (Lipinski definition) is 1. The molecule has 13 heteroatoms. The number of hydrogen-bond acceptors (Lipinski definition) is 6. The van der Waals surface area contributed by atoms with Crippen molar-refractivity contribution in [2.24, 2.45) is 0 Å². The lowest BCUT2D eigenvalue weighted by Crippen LogP contribution is -2.45. The second kappa shape index (κ2) is 11.4. The maximum absolute atomic E-state index is 14.2. The van der Waals surface area contributed by atoms with Crippen LogP contribution in [0.2, 0.25) is 0 Å². The number of rotatable bonds is 6. The Morgan fingerprint density at radius 2 is 1.84 bits per heavy atom. The minimum Gasteiger partial charge on any atom is -0.481 e. The van der Waals surface area contributed by atoms with E-state index in [2.05, 4.69) is 15.1 Å². The van der Waals surface area contributed by atoms with Gasteiger partial charge in [-0.2, -0.15) is 17.5 Å². The first kappa shape index (κ1) is 31.0. The van der Waals surface area contributed by atoms with Crippen molar-refractivity contribution in [3.8, 4) is 0 Å². The van der Waals surface area contributed by atoms with E-state index in [9.17, 15) is 31.5 Å². The summed E-state index contributed by atoms with van der Waals surface area (Å²) in [7, 11) is -3.87. The average Bonchev–Trinajstić information content (AvgIpc) is 3.40. The third-order valence-electron chi connectivity index (χ3n) is 9.08. The number of piperidine rings is 1. The molecule has 45 heavy (non-hydrogen) atoms. The summed E-state index contributed by atoms with van der Waals surface area (Å²) in [6.07, 6.45) is -0.939. The maximum Gasteiger partial charge on any atom is 0.452 e. The summed E-state index contributed by atoms with van der Waals surface area (Å²) < 4.78 is 71.2. The van der Waals surface area contributed by atoms with Gasteiger partial charge in [-0.25, -0.2) is 8.42 Å². The van der Waals surface area contributed by atoms with Crippen LogP contribution in [-0.2, 0) is 27.5 Å². The number of fused-ring (bicyclic) bond motifs is 4. The van der Waals surface area contributed by atoms with Crippen molar-refractivity contribution < 1.29 is 31.5 Å². The van der Waals surface area contributed by atoms with Crippen LogP contribution >= 0.6 is 0 Å². The predicted molar refractivity (Wildman–Crippen MR) is 162 cm³/mol. The molecule has 0 amide bonds. The van der Waals surface area contributed by atoms with Crippen molar-refractivity contribution in [3.05, 3.63) is 87.9 Å². The molecule has 0 spiro atoms. The number of alkyl halides is 3. The zero-order chi connectivity index (χ0) is 32.3. The second-order valence-corrected chi connectivity index (χ2v) is 14.0. The fourth-order valence-corrected chi connectivity index (χ4v) is 8.45. The number of aryl methyl sites for hydroxylation is 3. The van der Waals surface area contributed by atoms with E-state index in [4.69, 9.17) is 0 Å². The highest BCUT2D eigenvalue weighted by Crippen LogP contribution is 2.39. The molecule has 4 heterocycles. The molecule has 0 saturated carbocycles. The van der Waals surface area contributed by atoms with E-state index < -0.39 is 33.9 Å². The Kier molecular flexibility index (Phi) is 7.88. The van der Waals surface area contributed by atoms with Gasteiger partial charge in [0.25, 0.3) is 0 Å². The normalized spacial score (nSPS) is 19.2. The number of aromatic nitrogens is 3. The summed E-state index contributed by atoms with van der Waals surface area (Å²) in [5.41, 5.74) is 4.64. The zero-order valence-corrected chi connectivity index (χ0v) is 26.0. The lowest BCUT2D eigenvalue weighted by Gasteiger charge is -2.37. The lowest BCUT2D eigenvalue weighted by molar-refractivity contribution is -0.145. The van der Waals surface area contributed by atoms with E-state index in [1.807, 2.05) is 38.1 Å². The van der Waals surface area contributed by atoms with Crippen LogP contribution in [-0.4, -0.2) is 57.5 Å². The van der Waals surface area contributed by atoms with Crippen LogP contribution < -0.4 is 4.90 Å². The molecule has 2 aliphatic heterocycles. The summed E-state index contributed by atoms with van der Waals surface area (Å²) in [6, 6.07) is 12.5. The van der Waals surface area contributed by atoms with Crippen molar-refractivity contribution in [1.29, 1.82) is 0 Å². The van der Waals surface area contributed by atoms with Gasteiger partial charge in [-0.3, -0.25) is 9.20 Å². The molecule has 1 N–H and O–H groups in total. The van der Waals surface area contributed by atoms with Gasteiger partial charge in [-0.15, -0.1) is 10.2 Å². The fourth-order valence-electron chi connectivity index (χ4n) is 6.71. The number of sulfonamides is 1. The number of carbonyl (C=O) groups is 1. The van der Waals surface area contributed by atoms with E-state index in [1.165, 1.54) is 16.6 Å². The Balaban J connectivity index is 1.41. The van der Waals surface area contributed by atoms with E-state index in [0.29, 0.717) is 28.1 Å². The number of aliphatic carboxylic acids is 1. The van der Waals surface area contributed by atoms with Crippen molar-refractivity contribution in [3.63, 3.8) is 0 Å². The molecular formula is C32H34F3N5O4S. The SMILES string of the molecule is Cc1ccc2c(c1)S(=O)(=O)N(Cc1cc([C@H](CC(=O)O)c3ccn4c(C(F)(F)F)nnc4c3C)ccc1C)C[C@H]1CCCCN21. The third kappa shape index (κ3) is 5.67. The number of anilines is 1.